The van der Waals surface area contributed by atoms with Crippen LogP contribution in [0.2, 0.25) is 0 Å². The normalized spacial score (nSPS) is 27.8. The van der Waals surface area contributed by atoms with Crippen LogP contribution in [0.25, 0.3) is 0 Å². The maximum Gasteiger partial charge on any atom is 0.328 e. The maximum atomic E-state index is 11.1. The van der Waals surface area contributed by atoms with Crippen molar-refractivity contribution >= 4 is 18.4 Å². The first kappa shape index (κ1) is 11.7. The van der Waals surface area contributed by atoms with Crippen molar-refractivity contribution in [1.82, 2.24) is 0 Å². The first-order chi connectivity index (χ1) is 5.19. The molecule has 1 atom stereocenters. The third-order valence-electron chi connectivity index (χ3n) is 1.73. The second kappa shape index (κ2) is 4.64. The number of hydrogen-bond donors (Lipinski definition) is 1. The molecule has 0 radical (unpaired) electrons. The van der Waals surface area contributed by atoms with Gasteiger partial charge in [0.25, 0.3) is 0 Å². The average molecular weight is 196 g/mol. The minimum atomic E-state index is -0.879. The summed E-state index contributed by atoms with van der Waals surface area (Å²) in [5, 5.41) is 0. The zero-order valence-corrected chi connectivity index (χ0v) is 7.86. The number of nitrogens with two attached hydrogens (primary N) is 1. The van der Waals surface area contributed by atoms with Crippen molar-refractivity contribution in [2.45, 2.75) is 18.9 Å². The van der Waals surface area contributed by atoms with Crippen molar-refractivity contribution in [2.75, 3.05) is 19.8 Å². The molecule has 1 heterocycles. The molecule has 0 spiro atoms. The summed E-state index contributed by atoms with van der Waals surface area (Å²) in [4.78, 5) is 11.1. The van der Waals surface area contributed by atoms with Crippen LogP contribution in [0, 0.1) is 0 Å². The second-order valence-corrected chi connectivity index (χ2v) is 2.68. The van der Waals surface area contributed by atoms with Gasteiger partial charge in [-0.1, -0.05) is 0 Å². The molecule has 1 unspecified atom stereocenters. The lowest BCUT2D eigenvalue weighted by molar-refractivity contribution is -0.149. The molecule has 0 bridgehead atoms. The number of carbonyl (C=O) groups excluding carboxylic acids is 1. The molecule has 0 aromatic heterocycles. The summed E-state index contributed by atoms with van der Waals surface area (Å²) >= 11 is 0. The van der Waals surface area contributed by atoms with Crippen molar-refractivity contribution in [3.8, 4) is 0 Å². The van der Waals surface area contributed by atoms with E-state index in [1.165, 1.54) is 0 Å². The van der Waals surface area contributed by atoms with Gasteiger partial charge in [-0.15, -0.1) is 12.4 Å². The number of halogens is 1. The zero-order valence-electron chi connectivity index (χ0n) is 7.04. The van der Waals surface area contributed by atoms with Gasteiger partial charge in [0.05, 0.1) is 13.2 Å². The van der Waals surface area contributed by atoms with Gasteiger partial charge in [0.15, 0.2) is 0 Å². The first-order valence-corrected chi connectivity index (χ1v) is 3.73. The standard InChI is InChI=1S/C7H13NO3.ClH/c1-2-11-6(9)7(8)3-4-10-5-7;/h2-5,8H2,1H3;1H. The Morgan fingerprint density at radius 1 is 1.75 bits per heavy atom. The highest BCUT2D eigenvalue weighted by Gasteiger charge is 2.39. The molecule has 2 N–H and O–H groups in total. The highest BCUT2D eigenvalue weighted by molar-refractivity contribution is 5.85. The maximum absolute atomic E-state index is 11.1. The Morgan fingerprint density at radius 3 is 2.83 bits per heavy atom. The first-order valence-electron chi connectivity index (χ1n) is 3.73. The molecular weight excluding hydrogens is 182 g/mol. The molecule has 1 aliphatic heterocycles. The Balaban J connectivity index is 0.00000121. The van der Waals surface area contributed by atoms with Gasteiger partial charge >= 0.3 is 5.97 Å². The van der Waals surface area contributed by atoms with E-state index in [2.05, 4.69) is 0 Å². The summed E-state index contributed by atoms with van der Waals surface area (Å²) in [5.41, 5.74) is 4.81. The van der Waals surface area contributed by atoms with Crippen LogP contribution in [0.5, 0.6) is 0 Å². The second-order valence-electron chi connectivity index (χ2n) is 2.68. The summed E-state index contributed by atoms with van der Waals surface area (Å²) in [6, 6.07) is 0. The molecule has 0 aliphatic carbocycles. The van der Waals surface area contributed by atoms with Crippen LogP contribution < -0.4 is 5.73 Å². The Hall–Kier alpha value is -0.320. The Bertz CT molecular complexity index is 157. The monoisotopic (exact) mass is 195 g/mol. The average Bonchev–Trinajstić information content (AvgIpc) is 2.38. The third kappa shape index (κ3) is 2.33. The van der Waals surface area contributed by atoms with E-state index in [0.29, 0.717) is 19.6 Å². The van der Waals surface area contributed by atoms with Crippen LogP contribution in [-0.4, -0.2) is 31.3 Å². The van der Waals surface area contributed by atoms with E-state index in [1.807, 2.05) is 0 Å². The summed E-state index contributed by atoms with van der Waals surface area (Å²) in [6.45, 7) is 2.97. The SMILES string of the molecule is CCOC(=O)C1(N)CCOC1.Cl. The molecule has 0 aromatic rings. The molecule has 1 saturated heterocycles. The van der Waals surface area contributed by atoms with Crippen LogP contribution in [0.3, 0.4) is 0 Å². The number of carbonyl (C=O) groups is 1. The van der Waals surface area contributed by atoms with Gasteiger partial charge in [0.2, 0.25) is 0 Å². The molecule has 1 rings (SSSR count). The highest BCUT2D eigenvalue weighted by atomic mass is 35.5. The van der Waals surface area contributed by atoms with Crippen molar-refractivity contribution in [3.05, 3.63) is 0 Å². The van der Waals surface area contributed by atoms with Crippen LogP contribution in [0.4, 0.5) is 0 Å². The van der Waals surface area contributed by atoms with Gasteiger partial charge in [-0.3, -0.25) is 0 Å². The van der Waals surface area contributed by atoms with Crippen molar-refractivity contribution in [1.29, 1.82) is 0 Å². The van der Waals surface area contributed by atoms with Gasteiger partial charge in [-0.2, -0.15) is 0 Å². The largest absolute Gasteiger partial charge is 0.465 e. The van der Waals surface area contributed by atoms with E-state index in [-0.39, 0.29) is 25.0 Å². The lowest BCUT2D eigenvalue weighted by Crippen LogP contribution is -2.49. The fourth-order valence-electron chi connectivity index (χ4n) is 1.02. The molecule has 0 amide bonds. The topological polar surface area (TPSA) is 61.5 Å². The summed E-state index contributed by atoms with van der Waals surface area (Å²) in [6.07, 6.45) is 0.561. The fraction of sp³-hybridized carbons (Fsp3) is 0.857. The van der Waals surface area contributed by atoms with Crippen molar-refractivity contribution in [3.63, 3.8) is 0 Å². The van der Waals surface area contributed by atoms with E-state index in [9.17, 15) is 4.79 Å². The molecule has 1 fully saturated rings. The van der Waals surface area contributed by atoms with Crippen molar-refractivity contribution in [2.24, 2.45) is 5.73 Å². The highest BCUT2D eigenvalue weighted by Crippen LogP contribution is 2.16. The summed E-state index contributed by atoms with van der Waals surface area (Å²) in [5.74, 6) is -0.350. The van der Waals surface area contributed by atoms with E-state index in [1.54, 1.807) is 6.92 Å². The lowest BCUT2D eigenvalue weighted by atomic mass is 10.0. The third-order valence-corrected chi connectivity index (χ3v) is 1.73. The molecule has 72 valence electrons. The summed E-state index contributed by atoms with van der Waals surface area (Å²) in [7, 11) is 0. The van der Waals surface area contributed by atoms with Gasteiger partial charge in [0.1, 0.15) is 5.54 Å². The Labute approximate surface area is 77.8 Å². The number of hydrogen-bond acceptors (Lipinski definition) is 4. The smallest absolute Gasteiger partial charge is 0.328 e. The lowest BCUT2D eigenvalue weighted by Gasteiger charge is -2.18. The molecule has 5 heteroatoms. The molecule has 1 aliphatic rings. The number of rotatable bonds is 2. The fourth-order valence-corrected chi connectivity index (χ4v) is 1.02. The van der Waals surface area contributed by atoms with Gasteiger partial charge in [0, 0.05) is 13.0 Å². The van der Waals surface area contributed by atoms with Crippen LogP contribution in [0.15, 0.2) is 0 Å². The van der Waals surface area contributed by atoms with E-state index >= 15 is 0 Å². The van der Waals surface area contributed by atoms with E-state index in [0.717, 1.165) is 0 Å². The van der Waals surface area contributed by atoms with Crippen LogP contribution in [-0.2, 0) is 14.3 Å². The Morgan fingerprint density at radius 2 is 2.42 bits per heavy atom. The molecule has 12 heavy (non-hydrogen) atoms. The van der Waals surface area contributed by atoms with Gasteiger partial charge < -0.3 is 15.2 Å². The quantitative estimate of drug-likeness (QED) is 0.635. The Kier molecular flexibility index (Phi) is 4.52. The van der Waals surface area contributed by atoms with E-state index in [4.69, 9.17) is 15.2 Å². The molecular formula is C7H14ClNO3. The van der Waals surface area contributed by atoms with Crippen LogP contribution >= 0.6 is 12.4 Å². The zero-order chi connectivity index (χ0) is 8.32. The van der Waals surface area contributed by atoms with Gasteiger partial charge in [-0.25, -0.2) is 4.79 Å². The molecule has 4 nitrogen and oxygen atoms in total. The van der Waals surface area contributed by atoms with Gasteiger partial charge in [-0.05, 0) is 6.92 Å². The van der Waals surface area contributed by atoms with Crippen molar-refractivity contribution < 1.29 is 14.3 Å². The molecule has 0 aromatic carbocycles. The van der Waals surface area contributed by atoms with Crippen LogP contribution in [0.1, 0.15) is 13.3 Å². The molecule has 0 saturated carbocycles. The predicted octanol–water partition coefficient (Wildman–Crippen LogP) is 0.0891. The van der Waals surface area contributed by atoms with E-state index < -0.39 is 5.54 Å². The number of ether oxygens (including phenoxy) is 2. The minimum absolute atomic E-state index is 0. The summed E-state index contributed by atoms with van der Waals surface area (Å²) < 4.78 is 9.79. The predicted molar refractivity (Wildman–Crippen MR) is 46.2 cm³/mol. The number of esters is 1. The minimum Gasteiger partial charge on any atom is -0.465 e.